The van der Waals surface area contributed by atoms with Crippen molar-refractivity contribution in [1.29, 1.82) is 0 Å². The maximum Gasteiger partial charge on any atom is 0.243 e. The number of benzene rings is 1. The van der Waals surface area contributed by atoms with E-state index in [0.29, 0.717) is 6.54 Å². The molecule has 1 atom stereocenters. The number of hydrogen-bond donors (Lipinski definition) is 3. The molecule has 0 aliphatic carbocycles. The Balaban J connectivity index is 1.79. The number of rotatable bonds is 2. The van der Waals surface area contributed by atoms with Gasteiger partial charge in [-0.25, -0.2) is 0 Å². The summed E-state index contributed by atoms with van der Waals surface area (Å²) in [4.78, 5) is 17.6. The average molecular weight is 258 g/mol. The molecule has 2 heterocycles. The number of para-hydroxylation sites is 1. The molecule has 1 aliphatic rings. The second kappa shape index (κ2) is 5.03. The van der Waals surface area contributed by atoms with Gasteiger partial charge in [-0.3, -0.25) is 9.69 Å². The van der Waals surface area contributed by atoms with Gasteiger partial charge in [0.15, 0.2) is 0 Å². The standard InChI is InChI=1S/C14H18N4O/c1-18-7-6-15-9-13(18)14(19)17-12-8-16-11-5-3-2-4-10(11)12/h2-5,8,13,15-16H,6-7,9H2,1H3,(H,17,19). The third kappa shape index (κ3) is 2.34. The highest BCUT2D eigenvalue weighted by Gasteiger charge is 2.26. The maximum absolute atomic E-state index is 12.3. The van der Waals surface area contributed by atoms with E-state index in [2.05, 4.69) is 20.5 Å². The lowest BCUT2D eigenvalue weighted by atomic mass is 10.2. The second-order valence-electron chi connectivity index (χ2n) is 4.94. The van der Waals surface area contributed by atoms with Crippen LogP contribution < -0.4 is 10.6 Å². The molecule has 1 unspecified atom stereocenters. The van der Waals surface area contributed by atoms with Crippen LogP contribution in [0.2, 0.25) is 0 Å². The zero-order chi connectivity index (χ0) is 13.2. The summed E-state index contributed by atoms with van der Waals surface area (Å²) >= 11 is 0. The van der Waals surface area contributed by atoms with Crippen molar-refractivity contribution in [2.45, 2.75) is 6.04 Å². The van der Waals surface area contributed by atoms with Gasteiger partial charge in [0.1, 0.15) is 6.04 Å². The van der Waals surface area contributed by atoms with Crippen LogP contribution in [0.1, 0.15) is 0 Å². The summed E-state index contributed by atoms with van der Waals surface area (Å²) in [5, 5.41) is 7.31. The van der Waals surface area contributed by atoms with E-state index in [1.165, 1.54) is 0 Å². The van der Waals surface area contributed by atoms with Crippen molar-refractivity contribution in [1.82, 2.24) is 15.2 Å². The summed E-state index contributed by atoms with van der Waals surface area (Å²) in [7, 11) is 1.99. The number of H-pyrrole nitrogens is 1. The molecule has 0 radical (unpaired) electrons. The first-order chi connectivity index (χ1) is 9.25. The molecule has 3 N–H and O–H groups in total. The van der Waals surface area contributed by atoms with E-state index in [0.717, 1.165) is 29.7 Å². The zero-order valence-electron chi connectivity index (χ0n) is 10.9. The van der Waals surface area contributed by atoms with Crippen molar-refractivity contribution in [3.8, 4) is 0 Å². The number of aromatic nitrogens is 1. The van der Waals surface area contributed by atoms with E-state index in [9.17, 15) is 4.79 Å². The van der Waals surface area contributed by atoms with Crippen LogP contribution in [0.5, 0.6) is 0 Å². The summed E-state index contributed by atoms with van der Waals surface area (Å²) in [5.74, 6) is 0.0412. The van der Waals surface area contributed by atoms with E-state index in [4.69, 9.17) is 0 Å². The van der Waals surface area contributed by atoms with Crippen LogP contribution in [0.15, 0.2) is 30.5 Å². The number of hydrogen-bond acceptors (Lipinski definition) is 3. The van der Waals surface area contributed by atoms with Crippen molar-refractivity contribution in [2.24, 2.45) is 0 Å². The normalized spacial score (nSPS) is 20.6. The molecule has 1 aromatic carbocycles. The van der Waals surface area contributed by atoms with Crippen molar-refractivity contribution >= 4 is 22.5 Å². The first kappa shape index (κ1) is 12.2. The van der Waals surface area contributed by atoms with E-state index < -0.39 is 0 Å². The van der Waals surface area contributed by atoms with Gasteiger partial charge in [-0.2, -0.15) is 0 Å². The van der Waals surface area contributed by atoms with Gasteiger partial charge >= 0.3 is 0 Å². The number of piperazine rings is 1. The first-order valence-electron chi connectivity index (χ1n) is 6.53. The largest absolute Gasteiger partial charge is 0.359 e. The van der Waals surface area contributed by atoms with E-state index in [1.54, 1.807) is 0 Å². The van der Waals surface area contributed by atoms with Crippen LogP contribution >= 0.6 is 0 Å². The van der Waals surface area contributed by atoms with Crippen molar-refractivity contribution < 1.29 is 4.79 Å². The Bertz CT molecular complexity index is 592. The number of nitrogens with zero attached hydrogens (tertiary/aromatic N) is 1. The monoisotopic (exact) mass is 258 g/mol. The summed E-state index contributed by atoms with van der Waals surface area (Å²) in [6.45, 7) is 2.53. The van der Waals surface area contributed by atoms with Crippen LogP contribution in [0.25, 0.3) is 10.9 Å². The Morgan fingerprint density at radius 1 is 1.42 bits per heavy atom. The number of likely N-dealkylation sites (N-methyl/N-ethyl adjacent to an activating group) is 1. The third-order valence-electron chi connectivity index (χ3n) is 3.66. The molecule has 0 spiro atoms. The van der Waals surface area contributed by atoms with Gasteiger partial charge in [-0.15, -0.1) is 0 Å². The number of nitrogens with one attached hydrogen (secondary N) is 3. The summed E-state index contributed by atoms with van der Waals surface area (Å²) < 4.78 is 0. The smallest absolute Gasteiger partial charge is 0.243 e. The predicted molar refractivity (Wildman–Crippen MR) is 76.2 cm³/mol. The van der Waals surface area contributed by atoms with Gasteiger partial charge in [0, 0.05) is 36.7 Å². The molecular weight excluding hydrogens is 240 g/mol. The Hall–Kier alpha value is -1.85. The third-order valence-corrected chi connectivity index (χ3v) is 3.66. The second-order valence-corrected chi connectivity index (χ2v) is 4.94. The lowest BCUT2D eigenvalue weighted by molar-refractivity contribution is -0.121. The van der Waals surface area contributed by atoms with Gasteiger partial charge in [0.25, 0.3) is 0 Å². The number of fused-ring (bicyclic) bond motifs is 1. The minimum absolute atomic E-state index is 0.0412. The topological polar surface area (TPSA) is 60.2 Å². The molecule has 100 valence electrons. The average Bonchev–Trinajstić information content (AvgIpc) is 2.83. The summed E-state index contributed by atoms with van der Waals surface area (Å²) in [5.41, 5.74) is 1.88. The minimum atomic E-state index is -0.109. The van der Waals surface area contributed by atoms with Crippen LogP contribution in [0.3, 0.4) is 0 Å². The molecule has 1 fully saturated rings. The van der Waals surface area contributed by atoms with E-state index in [-0.39, 0.29) is 11.9 Å². The van der Waals surface area contributed by atoms with Gasteiger partial charge < -0.3 is 15.6 Å². The number of aromatic amines is 1. The summed E-state index contributed by atoms with van der Waals surface area (Å²) in [6.07, 6.45) is 1.85. The molecule has 1 saturated heterocycles. The highest BCUT2D eigenvalue weighted by atomic mass is 16.2. The fourth-order valence-corrected chi connectivity index (χ4v) is 2.49. The lowest BCUT2D eigenvalue weighted by Gasteiger charge is -2.31. The molecule has 1 aliphatic heterocycles. The minimum Gasteiger partial charge on any atom is -0.359 e. The Labute approximate surface area is 112 Å². The quantitative estimate of drug-likeness (QED) is 0.753. The zero-order valence-corrected chi connectivity index (χ0v) is 10.9. The maximum atomic E-state index is 12.3. The Morgan fingerprint density at radius 3 is 3.11 bits per heavy atom. The molecule has 5 heteroatoms. The van der Waals surface area contributed by atoms with Crippen molar-refractivity contribution in [2.75, 3.05) is 32.0 Å². The Morgan fingerprint density at radius 2 is 2.26 bits per heavy atom. The number of carbonyl (C=O) groups excluding carboxylic acids is 1. The van der Waals surface area contributed by atoms with Gasteiger partial charge in [0.2, 0.25) is 5.91 Å². The predicted octanol–water partition coefficient (Wildman–Crippen LogP) is 1.01. The molecular formula is C14H18N4O. The van der Waals surface area contributed by atoms with Crippen molar-refractivity contribution in [3.63, 3.8) is 0 Å². The number of anilines is 1. The summed E-state index contributed by atoms with van der Waals surface area (Å²) in [6, 6.07) is 7.84. The first-order valence-corrected chi connectivity index (χ1v) is 6.53. The lowest BCUT2D eigenvalue weighted by Crippen LogP contribution is -2.54. The number of amides is 1. The van der Waals surface area contributed by atoms with Gasteiger partial charge in [-0.05, 0) is 13.1 Å². The van der Waals surface area contributed by atoms with E-state index in [1.807, 2.05) is 37.5 Å². The molecule has 0 bridgehead atoms. The molecule has 19 heavy (non-hydrogen) atoms. The molecule has 1 aromatic heterocycles. The highest BCUT2D eigenvalue weighted by molar-refractivity contribution is 6.03. The van der Waals surface area contributed by atoms with E-state index >= 15 is 0 Å². The molecule has 5 nitrogen and oxygen atoms in total. The molecule has 1 amide bonds. The van der Waals surface area contributed by atoms with Crippen LogP contribution in [0.4, 0.5) is 5.69 Å². The van der Waals surface area contributed by atoms with Crippen molar-refractivity contribution in [3.05, 3.63) is 30.5 Å². The van der Waals surface area contributed by atoms with Crippen LogP contribution in [-0.4, -0.2) is 48.5 Å². The Kier molecular flexibility index (Phi) is 3.23. The fraction of sp³-hybridized carbons (Fsp3) is 0.357. The SMILES string of the molecule is CN1CCNCC1C(=O)Nc1c[nH]c2ccccc12. The van der Waals surface area contributed by atoms with Crippen LogP contribution in [0, 0.1) is 0 Å². The molecule has 3 rings (SSSR count). The highest BCUT2D eigenvalue weighted by Crippen LogP contribution is 2.22. The van der Waals surface area contributed by atoms with Gasteiger partial charge in [0.05, 0.1) is 5.69 Å². The fourth-order valence-electron chi connectivity index (χ4n) is 2.49. The van der Waals surface area contributed by atoms with Gasteiger partial charge in [-0.1, -0.05) is 18.2 Å². The molecule has 2 aromatic rings. The number of carbonyl (C=O) groups is 1. The van der Waals surface area contributed by atoms with Crippen LogP contribution in [-0.2, 0) is 4.79 Å². The molecule has 0 saturated carbocycles.